The van der Waals surface area contributed by atoms with Gasteiger partial charge < -0.3 is 10.2 Å². The Hall–Kier alpha value is -2.32. The highest BCUT2D eigenvalue weighted by molar-refractivity contribution is 6.27. The highest BCUT2D eigenvalue weighted by Crippen LogP contribution is 2.30. The maximum atomic E-state index is 9.10. The third-order valence-corrected chi connectivity index (χ3v) is 2.77. The molecule has 100 valence electrons. The summed E-state index contributed by atoms with van der Waals surface area (Å²) in [6.45, 7) is 0.666. The third-order valence-electron chi connectivity index (χ3n) is 2.77. The Morgan fingerprint density at radius 1 is 1.32 bits per heavy atom. The van der Waals surface area contributed by atoms with Gasteiger partial charge in [-0.05, 0) is 24.0 Å². The van der Waals surface area contributed by atoms with Crippen molar-refractivity contribution < 1.29 is 19.8 Å². The van der Waals surface area contributed by atoms with E-state index in [1.165, 1.54) is 24.0 Å². The number of rotatable bonds is 2. The van der Waals surface area contributed by atoms with Crippen LogP contribution in [0.2, 0.25) is 0 Å². The molecule has 2 rings (SSSR count). The van der Waals surface area contributed by atoms with Crippen LogP contribution in [0.15, 0.2) is 24.3 Å². The summed E-state index contributed by atoms with van der Waals surface area (Å²) >= 11 is 0. The van der Waals surface area contributed by atoms with Gasteiger partial charge in [0.25, 0.3) is 0 Å². The molecule has 1 aromatic rings. The first-order valence-electron chi connectivity index (χ1n) is 5.77. The largest absolute Gasteiger partial charge is 0.473 e. The molecule has 0 amide bonds. The number of fused-ring (bicyclic) bond motifs is 1. The number of benzene rings is 1. The maximum absolute atomic E-state index is 9.10. The molecule has 3 N–H and O–H groups in total. The molecule has 19 heavy (non-hydrogen) atoms. The monoisotopic (exact) mass is 261 g/mol. The van der Waals surface area contributed by atoms with Crippen molar-refractivity contribution in [1.82, 2.24) is 5.32 Å². The third kappa shape index (κ3) is 4.45. The molecular formula is C14H15NO4. The molecule has 1 aliphatic carbocycles. The number of terminal acetylenes is 1. The van der Waals surface area contributed by atoms with Crippen LogP contribution in [0.3, 0.4) is 0 Å². The highest BCUT2D eigenvalue weighted by Gasteiger charge is 2.20. The fourth-order valence-electron chi connectivity index (χ4n) is 1.95. The lowest BCUT2D eigenvalue weighted by molar-refractivity contribution is -0.159. The molecule has 0 saturated carbocycles. The van der Waals surface area contributed by atoms with Crippen LogP contribution < -0.4 is 5.32 Å². The van der Waals surface area contributed by atoms with Gasteiger partial charge in [0.1, 0.15) is 0 Å². The van der Waals surface area contributed by atoms with Crippen LogP contribution in [0, 0.1) is 12.3 Å². The van der Waals surface area contributed by atoms with Crippen molar-refractivity contribution in [2.24, 2.45) is 0 Å². The van der Waals surface area contributed by atoms with Gasteiger partial charge in [0.2, 0.25) is 0 Å². The second-order valence-corrected chi connectivity index (χ2v) is 3.99. The topological polar surface area (TPSA) is 86.6 Å². The molecule has 0 aliphatic heterocycles. The van der Waals surface area contributed by atoms with E-state index in [0.29, 0.717) is 12.6 Å². The van der Waals surface area contributed by atoms with E-state index < -0.39 is 11.9 Å². The van der Waals surface area contributed by atoms with Crippen molar-refractivity contribution in [1.29, 1.82) is 0 Å². The van der Waals surface area contributed by atoms with Crippen molar-refractivity contribution in [2.75, 3.05) is 6.54 Å². The summed E-state index contributed by atoms with van der Waals surface area (Å²) in [6.07, 6.45) is 7.57. The van der Waals surface area contributed by atoms with Crippen LogP contribution in [0.4, 0.5) is 0 Å². The van der Waals surface area contributed by atoms with Crippen molar-refractivity contribution in [2.45, 2.75) is 18.9 Å². The van der Waals surface area contributed by atoms with Gasteiger partial charge in [0.05, 0.1) is 6.54 Å². The molecule has 0 heterocycles. The molecule has 0 spiro atoms. The van der Waals surface area contributed by atoms with Crippen molar-refractivity contribution in [3.8, 4) is 12.3 Å². The Labute approximate surface area is 111 Å². The van der Waals surface area contributed by atoms with Gasteiger partial charge >= 0.3 is 11.9 Å². The number of nitrogens with one attached hydrogen (secondary N) is 1. The molecule has 5 nitrogen and oxygen atoms in total. The van der Waals surface area contributed by atoms with Gasteiger partial charge in [0.15, 0.2) is 0 Å². The van der Waals surface area contributed by atoms with Gasteiger partial charge in [-0.3, -0.25) is 5.32 Å². The summed E-state index contributed by atoms with van der Waals surface area (Å²) in [7, 11) is 0. The zero-order chi connectivity index (χ0) is 14.3. The zero-order valence-corrected chi connectivity index (χ0v) is 10.3. The Morgan fingerprint density at radius 2 is 1.95 bits per heavy atom. The maximum Gasteiger partial charge on any atom is 0.414 e. The Balaban J connectivity index is 0.000000258. The van der Waals surface area contributed by atoms with Crippen LogP contribution in [0.5, 0.6) is 0 Å². The van der Waals surface area contributed by atoms with Gasteiger partial charge in [-0.1, -0.05) is 30.2 Å². The first-order valence-corrected chi connectivity index (χ1v) is 5.77. The normalized spacial score (nSPS) is 15.6. The number of aliphatic carboxylic acids is 2. The van der Waals surface area contributed by atoms with E-state index in [9.17, 15) is 0 Å². The summed E-state index contributed by atoms with van der Waals surface area (Å²) < 4.78 is 0. The van der Waals surface area contributed by atoms with Crippen LogP contribution in [-0.4, -0.2) is 28.7 Å². The number of hydrogen-bond donors (Lipinski definition) is 3. The summed E-state index contributed by atoms with van der Waals surface area (Å²) in [5.41, 5.74) is 2.90. The van der Waals surface area contributed by atoms with E-state index in [2.05, 4.69) is 35.5 Å². The van der Waals surface area contributed by atoms with E-state index in [-0.39, 0.29) is 0 Å². The average molecular weight is 261 g/mol. The van der Waals surface area contributed by atoms with Gasteiger partial charge in [0, 0.05) is 6.04 Å². The minimum absolute atomic E-state index is 0.479. The Kier molecular flexibility index (Phi) is 5.58. The van der Waals surface area contributed by atoms with Crippen LogP contribution in [0.25, 0.3) is 0 Å². The molecule has 1 aliphatic rings. The standard InChI is InChI=1S/C12H13N.C2H2O4/c1-2-9-13-12-8-7-10-5-3-4-6-11(10)12;3-1(4)2(5)6/h1,3-6,12-13H,7-9H2;(H,3,4)(H,5,6)/t12-;/m1./s1. The number of aryl methyl sites for hydroxylation is 1. The summed E-state index contributed by atoms with van der Waals surface area (Å²) in [6, 6.07) is 9.06. The van der Waals surface area contributed by atoms with Crippen LogP contribution in [-0.2, 0) is 16.0 Å². The first kappa shape index (κ1) is 14.7. The summed E-state index contributed by atoms with van der Waals surface area (Å²) in [5.74, 6) is -1.03. The Bertz CT molecular complexity index is 492. The molecule has 0 unspecified atom stereocenters. The van der Waals surface area contributed by atoms with E-state index in [4.69, 9.17) is 26.2 Å². The van der Waals surface area contributed by atoms with Gasteiger partial charge in [-0.25, -0.2) is 9.59 Å². The molecule has 1 aromatic carbocycles. The number of carboxylic acid groups (broad SMARTS) is 2. The van der Waals surface area contributed by atoms with Gasteiger partial charge in [-0.2, -0.15) is 0 Å². The molecular weight excluding hydrogens is 246 g/mol. The van der Waals surface area contributed by atoms with Crippen LogP contribution in [0.1, 0.15) is 23.6 Å². The van der Waals surface area contributed by atoms with Crippen molar-refractivity contribution in [3.63, 3.8) is 0 Å². The lowest BCUT2D eigenvalue weighted by Gasteiger charge is -2.10. The summed E-state index contributed by atoms with van der Waals surface area (Å²) in [4.78, 5) is 18.2. The van der Waals surface area contributed by atoms with E-state index >= 15 is 0 Å². The predicted octanol–water partition coefficient (Wildman–Crippen LogP) is 1.05. The molecule has 0 fully saturated rings. The highest BCUT2D eigenvalue weighted by atomic mass is 16.4. The zero-order valence-electron chi connectivity index (χ0n) is 10.3. The smallest absolute Gasteiger partial charge is 0.414 e. The van der Waals surface area contributed by atoms with Crippen molar-refractivity contribution in [3.05, 3.63) is 35.4 Å². The predicted molar refractivity (Wildman–Crippen MR) is 69.6 cm³/mol. The van der Waals surface area contributed by atoms with Gasteiger partial charge in [-0.15, -0.1) is 6.42 Å². The van der Waals surface area contributed by atoms with E-state index in [1.807, 2.05) is 0 Å². The first-order chi connectivity index (χ1) is 9.06. The Morgan fingerprint density at radius 3 is 2.53 bits per heavy atom. The van der Waals surface area contributed by atoms with E-state index in [0.717, 1.165) is 0 Å². The number of carboxylic acids is 2. The minimum atomic E-state index is -1.82. The number of hydrogen-bond acceptors (Lipinski definition) is 3. The molecule has 0 aromatic heterocycles. The fourth-order valence-corrected chi connectivity index (χ4v) is 1.95. The second-order valence-electron chi connectivity index (χ2n) is 3.99. The molecule has 1 atom stereocenters. The quantitative estimate of drug-likeness (QED) is 0.547. The van der Waals surface area contributed by atoms with E-state index in [1.54, 1.807) is 0 Å². The average Bonchev–Trinajstić information content (AvgIpc) is 2.80. The van der Waals surface area contributed by atoms with Crippen molar-refractivity contribution >= 4 is 11.9 Å². The molecule has 0 radical (unpaired) electrons. The molecule has 0 saturated heterocycles. The summed E-state index contributed by atoms with van der Waals surface area (Å²) in [5, 5.41) is 18.1. The minimum Gasteiger partial charge on any atom is -0.473 e. The SMILES string of the molecule is C#CCN[C@@H]1CCc2ccccc21.O=C(O)C(=O)O. The second kappa shape index (κ2) is 7.19. The lowest BCUT2D eigenvalue weighted by atomic mass is 10.1. The lowest BCUT2D eigenvalue weighted by Crippen LogP contribution is -2.19. The fraction of sp³-hybridized carbons (Fsp3) is 0.286. The number of carbonyl (C=O) groups is 2. The molecule has 0 bridgehead atoms. The molecule has 5 heteroatoms. The van der Waals surface area contributed by atoms with Crippen LogP contribution >= 0.6 is 0 Å².